The molecule has 19 heavy (non-hydrogen) atoms. The van der Waals surface area contributed by atoms with Crippen LogP contribution in [0.5, 0.6) is 0 Å². The molecule has 1 fully saturated rings. The second kappa shape index (κ2) is 4.43. The smallest absolute Gasteiger partial charge is 0.241 e. The van der Waals surface area contributed by atoms with Crippen molar-refractivity contribution in [1.29, 1.82) is 0 Å². The predicted molar refractivity (Wildman–Crippen MR) is 69.4 cm³/mol. The molecular weight excluding hydrogens is 268 g/mol. The van der Waals surface area contributed by atoms with Crippen LogP contribution in [0.25, 0.3) is 5.95 Å². The van der Waals surface area contributed by atoms with Crippen molar-refractivity contribution in [3.63, 3.8) is 0 Å². The number of imidazole rings is 1. The van der Waals surface area contributed by atoms with Gasteiger partial charge in [-0.25, -0.2) is 4.98 Å². The fraction of sp³-hybridized carbons (Fsp3) is 0.455. The number of β-amino-alcohol motifs (C(OH)–C–C–N with tert-alkyl or cyclic N) is 1. The number of anilines is 1. The van der Waals surface area contributed by atoms with E-state index in [9.17, 15) is 5.11 Å². The van der Waals surface area contributed by atoms with E-state index in [0.29, 0.717) is 31.4 Å². The zero-order valence-corrected chi connectivity index (χ0v) is 11.1. The van der Waals surface area contributed by atoms with Crippen molar-refractivity contribution >= 4 is 17.5 Å². The number of hydrogen-bond acceptors (Lipinski definition) is 6. The minimum atomic E-state index is -0.714. The Morgan fingerprint density at radius 1 is 1.32 bits per heavy atom. The van der Waals surface area contributed by atoms with Gasteiger partial charge >= 0.3 is 0 Å². The van der Waals surface area contributed by atoms with Crippen LogP contribution >= 0.6 is 11.6 Å². The van der Waals surface area contributed by atoms with Gasteiger partial charge in [-0.15, -0.1) is 0 Å². The molecule has 1 aliphatic heterocycles. The van der Waals surface area contributed by atoms with Crippen molar-refractivity contribution in [2.24, 2.45) is 0 Å². The SMILES string of the molecule is CC1(O)CCN(c2nc(Cl)nc(-n3ccnc3)n2)C1. The Hall–Kier alpha value is -1.73. The third kappa shape index (κ3) is 2.52. The van der Waals surface area contributed by atoms with Crippen molar-refractivity contribution in [3.05, 3.63) is 24.0 Å². The van der Waals surface area contributed by atoms with Gasteiger partial charge in [-0.3, -0.25) is 4.57 Å². The molecule has 1 atom stereocenters. The molecule has 2 aromatic rings. The number of aromatic nitrogens is 5. The quantitative estimate of drug-likeness (QED) is 0.871. The predicted octanol–water partition coefficient (Wildman–Crippen LogP) is 0.672. The van der Waals surface area contributed by atoms with E-state index in [2.05, 4.69) is 19.9 Å². The van der Waals surface area contributed by atoms with Crippen molar-refractivity contribution in [1.82, 2.24) is 24.5 Å². The summed E-state index contributed by atoms with van der Waals surface area (Å²) >= 11 is 5.93. The molecule has 0 spiro atoms. The Kier molecular flexibility index (Phi) is 2.87. The molecule has 0 radical (unpaired) electrons. The zero-order valence-electron chi connectivity index (χ0n) is 10.4. The average molecular weight is 281 g/mol. The Balaban J connectivity index is 1.95. The monoisotopic (exact) mass is 280 g/mol. The molecule has 3 heterocycles. The summed E-state index contributed by atoms with van der Waals surface area (Å²) in [4.78, 5) is 18.4. The van der Waals surface area contributed by atoms with Crippen LogP contribution in [0.15, 0.2) is 18.7 Å². The standard InChI is InChI=1S/C11H13ClN6O/c1-11(19)2-4-17(6-11)9-14-8(12)15-10(16-9)18-5-3-13-7-18/h3,5,7,19H,2,4,6H2,1H3. The highest BCUT2D eigenvalue weighted by Gasteiger charge is 2.33. The largest absolute Gasteiger partial charge is 0.388 e. The van der Waals surface area contributed by atoms with E-state index in [1.807, 2.05) is 4.90 Å². The number of halogens is 1. The number of nitrogens with zero attached hydrogens (tertiary/aromatic N) is 6. The van der Waals surface area contributed by atoms with Gasteiger partial charge < -0.3 is 10.0 Å². The highest BCUT2D eigenvalue weighted by molar-refractivity contribution is 6.28. The second-order valence-corrected chi connectivity index (χ2v) is 5.18. The van der Waals surface area contributed by atoms with Crippen LogP contribution in [0, 0.1) is 0 Å². The summed E-state index contributed by atoms with van der Waals surface area (Å²) in [6.07, 6.45) is 5.64. The molecule has 1 aliphatic rings. The van der Waals surface area contributed by atoms with Crippen LogP contribution in [-0.4, -0.2) is 48.3 Å². The summed E-state index contributed by atoms with van der Waals surface area (Å²) in [6, 6.07) is 0. The van der Waals surface area contributed by atoms with E-state index < -0.39 is 5.60 Å². The molecule has 0 bridgehead atoms. The summed E-state index contributed by atoms with van der Waals surface area (Å²) in [5.41, 5.74) is -0.714. The van der Waals surface area contributed by atoms with Gasteiger partial charge in [0.05, 0.1) is 5.60 Å². The van der Waals surface area contributed by atoms with Crippen molar-refractivity contribution in [2.45, 2.75) is 18.9 Å². The van der Waals surface area contributed by atoms with E-state index in [-0.39, 0.29) is 5.28 Å². The molecule has 8 heteroatoms. The molecular formula is C11H13ClN6O. The second-order valence-electron chi connectivity index (χ2n) is 4.84. The van der Waals surface area contributed by atoms with Gasteiger partial charge in [-0.05, 0) is 24.9 Å². The molecule has 2 aromatic heterocycles. The van der Waals surface area contributed by atoms with Crippen LogP contribution in [-0.2, 0) is 0 Å². The Morgan fingerprint density at radius 2 is 2.11 bits per heavy atom. The number of rotatable bonds is 2. The van der Waals surface area contributed by atoms with Crippen LogP contribution in [0.2, 0.25) is 5.28 Å². The van der Waals surface area contributed by atoms with Crippen LogP contribution in [0.3, 0.4) is 0 Å². The Morgan fingerprint density at radius 3 is 2.74 bits per heavy atom. The first-order valence-corrected chi connectivity index (χ1v) is 6.29. The topological polar surface area (TPSA) is 80.0 Å². The molecule has 0 aliphatic carbocycles. The lowest BCUT2D eigenvalue weighted by molar-refractivity contribution is 0.0838. The highest BCUT2D eigenvalue weighted by atomic mass is 35.5. The lowest BCUT2D eigenvalue weighted by atomic mass is 10.1. The Labute approximate surface area is 114 Å². The first-order chi connectivity index (χ1) is 9.03. The summed E-state index contributed by atoms with van der Waals surface area (Å²) in [5, 5.41) is 10.1. The van der Waals surface area contributed by atoms with Crippen molar-refractivity contribution in [2.75, 3.05) is 18.0 Å². The van der Waals surface area contributed by atoms with E-state index in [1.54, 1.807) is 30.2 Å². The lowest BCUT2D eigenvalue weighted by Gasteiger charge is -2.19. The molecule has 7 nitrogen and oxygen atoms in total. The van der Waals surface area contributed by atoms with Crippen molar-refractivity contribution < 1.29 is 5.11 Å². The van der Waals surface area contributed by atoms with Gasteiger partial charge in [-0.1, -0.05) is 0 Å². The summed E-state index contributed by atoms with van der Waals surface area (Å²) in [5.74, 6) is 0.889. The third-order valence-electron chi connectivity index (χ3n) is 3.05. The van der Waals surface area contributed by atoms with E-state index in [0.717, 1.165) is 0 Å². The van der Waals surface area contributed by atoms with Gasteiger partial charge in [0.2, 0.25) is 17.2 Å². The molecule has 1 N–H and O–H groups in total. The zero-order chi connectivity index (χ0) is 13.5. The van der Waals surface area contributed by atoms with Gasteiger partial charge in [-0.2, -0.15) is 15.0 Å². The molecule has 100 valence electrons. The summed E-state index contributed by atoms with van der Waals surface area (Å²) in [7, 11) is 0. The normalized spacial score (nSPS) is 23.0. The molecule has 1 unspecified atom stereocenters. The first kappa shape index (κ1) is 12.3. The fourth-order valence-corrected chi connectivity index (χ4v) is 2.23. The number of aliphatic hydroxyl groups is 1. The fourth-order valence-electron chi connectivity index (χ4n) is 2.08. The minimum absolute atomic E-state index is 0.125. The lowest BCUT2D eigenvalue weighted by Crippen LogP contribution is -2.30. The van der Waals surface area contributed by atoms with Gasteiger partial charge in [0.25, 0.3) is 0 Å². The summed E-state index contributed by atoms with van der Waals surface area (Å²) in [6.45, 7) is 2.97. The van der Waals surface area contributed by atoms with Crippen LogP contribution in [0.1, 0.15) is 13.3 Å². The van der Waals surface area contributed by atoms with Gasteiger partial charge in [0.1, 0.15) is 6.33 Å². The average Bonchev–Trinajstić information content (AvgIpc) is 2.97. The van der Waals surface area contributed by atoms with Gasteiger partial charge in [0, 0.05) is 25.5 Å². The minimum Gasteiger partial charge on any atom is -0.388 e. The van der Waals surface area contributed by atoms with E-state index in [4.69, 9.17) is 11.6 Å². The first-order valence-electron chi connectivity index (χ1n) is 5.91. The highest BCUT2D eigenvalue weighted by Crippen LogP contribution is 2.24. The molecule has 3 rings (SSSR count). The Bertz CT molecular complexity index is 585. The maximum atomic E-state index is 9.99. The third-order valence-corrected chi connectivity index (χ3v) is 3.22. The maximum Gasteiger partial charge on any atom is 0.241 e. The molecule has 0 saturated carbocycles. The molecule has 0 aromatic carbocycles. The maximum absolute atomic E-state index is 9.99. The number of hydrogen-bond donors (Lipinski definition) is 1. The van der Waals surface area contributed by atoms with Gasteiger partial charge in [0.15, 0.2) is 0 Å². The van der Waals surface area contributed by atoms with E-state index in [1.165, 1.54) is 0 Å². The molecule has 1 saturated heterocycles. The molecule has 0 amide bonds. The van der Waals surface area contributed by atoms with Crippen molar-refractivity contribution in [3.8, 4) is 5.95 Å². The summed E-state index contributed by atoms with van der Waals surface area (Å²) < 4.78 is 1.66. The van der Waals surface area contributed by atoms with E-state index >= 15 is 0 Å². The van der Waals surface area contributed by atoms with Crippen LogP contribution in [0.4, 0.5) is 5.95 Å². The van der Waals surface area contributed by atoms with Crippen LogP contribution < -0.4 is 4.90 Å².